The summed E-state index contributed by atoms with van der Waals surface area (Å²) in [5, 5.41) is 4.24. The third-order valence-corrected chi connectivity index (χ3v) is 3.37. The van der Waals surface area contributed by atoms with Crippen molar-refractivity contribution in [3.05, 3.63) is 35.9 Å². The standard InChI is InChI=1S/C14H19N3OS/c1-10(2)18-12-13(15)17-19-14(12)16-9-8-11-6-4-3-5-7-11/h3-7,10,16H,8-9H2,1-2H3,(H2,15,17). The Labute approximate surface area is 117 Å². The minimum absolute atomic E-state index is 0.0911. The van der Waals surface area contributed by atoms with Crippen LogP contribution >= 0.6 is 11.5 Å². The van der Waals surface area contributed by atoms with Crippen LogP contribution in [-0.2, 0) is 6.42 Å². The highest BCUT2D eigenvalue weighted by atomic mass is 32.1. The van der Waals surface area contributed by atoms with Gasteiger partial charge in [-0.3, -0.25) is 0 Å². The van der Waals surface area contributed by atoms with E-state index >= 15 is 0 Å². The molecule has 1 aromatic heterocycles. The van der Waals surface area contributed by atoms with E-state index in [1.807, 2.05) is 32.0 Å². The highest BCUT2D eigenvalue weighted by Crippen LogP contribution is 2.35. The molecular formula is C14H19N3OS. The monoisotopic (exact) mass is 277 g/mol. The Bertz CT molecular complexity index is 511. The average molecular weight is 277 g/mol. The topological polar surface area (TPSA) is 60.2 Å². The van der Waals surface area contributed by atoms with Crippen LogP contribution in [0, 0.1) is 0 Å². The molecule has 0 unspecified atom stereocenters. The fraction of sp³-hybridized carbons (Fsp3) is 0.357. The number of benzene rings is 1. The molecule has 19 heavy (non-hydrogen) atoms. The smallest absolute Gasteiger partial charge is 0.197 e. The van der Waals surface area contributed by atoms with Gasteiger partial charge in [-0.05, 0) is 37.4 Å². The number of anilines is 2. The lowest BCUT2D eigenvalue weighted by Crippen LogP contribution is -2.10. The molecule has 5 heteroatoms. The predicted octanol–water partition coefficient (Wildman–Crippen LogP) is 3.17. The van der Waals surface area contributed by atoms with Crippen LogP contribution in [0.4, 0.5) is 10.8 Å². The van der Waals surface area contributed by atoms with E-state index in [0.29, 0.717) is 11.6 Å². The summed E-state index contributed by atoms with van der Waals surface area (Å²) in [7, 11) is 0. The molecule has 0 radical (unpaired) electrons. The zero-order valence-electron chi connectivity index (χ0n) is 11.2. The van der Waals surface area contributed by atoms with Crippen LogP contribution < -0.4 is 15.8 Å². The molecule has 2 aromatic rings. The minimum Gasteiger partial charge on any atom is -0.484 e. The van der Waals surface area contributed by atoms with Gasteiger partial charge < -0.3 is 15.8 Å². The maximum atomic E-state index is 5.81. The number of hydrogen-bond acceptors (Lipinski definition) is 5. The van der Waals surface area contributed by atoms with Crippen molar-refractivity contribution in [2.24, 2.45) is 0 Å². The van der Waals surface area contributed by atoms with Crippen molar-refractivity contribution >= 4 is 22.4 Å². The summed E-state index contributed by atoms with van der Waals surface area (Å²) >= 11 is 1.34. The van der Waals surface area contributed by atoms with Gasteiger partial charge in [-0.15, -0.1) is 0 Å². The van der Waals surface area contributed by atoms with Crippen LogP contribution in [0.25, 0.3) is 0 Å². The van der Waals surface area contributed by atoms with E-state index in [1.54, 1.807) is 0 Å². The molecule has 0 spiro atoms. The van der Waals surface area contributed by atoms with Crippen molar-refractivity contribution < 1.29 is 4.74 Å². The number of nitrogens with two attached hydrogens (primary N) is 1. The van der Waals surface area contributed by atoms with Crippen molar-refractivity contribution in [2.45, 2.75) is 26.4 Å². The zero-order valence-corrected chi connectivity index (χ0v) is 12.0. The number of nitrogens with one attached hydrogen (secondary N) is 1. The van der Waals surface area contributed by atoms with Crippen LogP contribution in [0.15, 0.2) is 30.3 Å². The summed E-state index contributed by atoms with van der Waals surface area (Å²) in [6.07, 6.45) is 1.05. The Balaban J connectivity index is 1.92. The van der Waals surface area contributed by atoms with Crippen LogP contribution in [0.1, 0.15) is 19.4 Å². The molecule has 0 fully saturated rings. The van der Waals surface area contributed by atoms with E-state index in [0.717, 1.165) is 18.0 Å². The summed E-state index contributed by atoms with van der Waals surface area (Å²) in [5.74, 6) is 1.13. The summed E-state index contributed by atoms with van der Waals surface area (Å²) in [6.45, 7) is 4.79. The average Bonchev–Trinajstić information content (AvgIpc) is 2.72. The number of aromatic nitrogens is 1. The quantitative estimate of drug-likeness (QED) is 0.851. The molecule has 0 saturated carbocycles. The largest absolute Gasteiger partial charge is 0.484 e. The number of rotatable bonds is 6. The molecule has 102 valence electrons. The molecular weight excluding hydrogens is 258 g/mol. The summed E-state index contributed by atoms with van der Waals surface area (Å²) in [6, 6.07) is 10.4. The fourth-order valence-electron chi connectivity index (χ4n) is 1.72. The zero-order chi connectivity index (χ0) is 13.7. The Morgan fingerprint density at radius 2 is 2.05 bits per heavy atom. The Kier molecular flexibility index (Phi) is 4.63. The molecule has 1 aromatic carbocycles. The van der Waals surface area contributed by atoms with E-state index in [4.69, 9.17) is 10.5 Å². The Morgan fingerprint density at radius 3 is 2.74 bits per heavy atom. The SMILES string of the molecule is CC(C)Oc1c(N)nsc1NCCc1ccccc1. The van der Waals surface area contributed by atoms with Gasteiger partial charge in [-0.2, -0.15) is 4.37 Å². The molecule has 0 saturated heterocycles. The molecule has 0 atom stereocenters. The fourth-order valence-corrected chi connectivity index (χ4v) is 2.40. The molecule has 0 aliphatic carbocycles. The maximum absolute atomic E-state index is 5.81. The van der Waals surface area contributed by atoms with Crippen molar-refractivity contribution in [1.82, 2.24) is 4.37 Å². The Morgan fingerprint density at radius 1 is 1.32 bits per heavy atom. The van der Waals surface area contributed by atoms with Crippen LogP contribution in [0.3, 0.4) is 0 Å². The molecule has 0 bridgehead atoms. The lowest BCUT2D eigenvalue weighted by atomic mass is 10.1. The Hall–Kier alpha value is -1.75. The van der Waals surface area contributed by atoms with Crippen LogP contribution in [0.2, 0.25) is 0 Å². The third kappa shape index (κ3) is 3.86. The third-order valence-electron chi connectivity index (χ3n) is 2.57. The molecule has 4 nitrogen and oxygen atoms in total. The molecule has 3 N–H and O–H groups in total. The normalized spacial score (nSPS) is 10.7. The first kappa shape index (κ1) is 13.7. The highest BCUT2D eigenvalue weighted by molar-refractivity contribution is 7.11. The lowest BCUT2D eigenvalue weighted by molar-refractivity contribution is 0.245. The van der Waals surface area contributed by atoms with Gasteiger partial charge in [-0.1, -0.05) is 30.3 Å². The predicted molar refractivity (Wildman–Crippen MR) is 80.9 cm³/mol. The van der Waals surface area contributed by atoms with E-state index in [1.165, 1.54) is 17.1 Å². The van der Waals surface area contributed by atoms with Crippen LogP contribution in [0.5, 0.6) is 5.75 Å². The van der Waals surface area contributed by atoms with Gasteiger partial charge in [0, 0.05) is 6.54 Å². The number of ether oxygens (including phenoxy) is 1. The second-order valence-electron chi connectivity index (χ2n) is 4.56. The summed E-state index contributed by atoms with van der Waals surface area (Å²) in [4.78, 5) is 0. The second kappa shape index (κ2) is 6.43. The molecule has 2 rings (SSSR count). The van der Waals surface area contributed by atoms with Crippen LogP contribution in [-0.4, -0.2) is 17.0 Å². The maximum Gasteiger partial charge on any atom is 0.197 e. The second-order valence-corrected chi connectivity index (χ2v) is 5.33. The molecule has 1 heterocycles. The number of nitrogen functional groups attached to an aromatic ring is 1. The molecule has 0 aliphatic heterocycles. The summed E-state index contributed by atoms with van der Waals surface area (Å²) < 4.78 is 9.81. The first-order valence-corrected chi connectivity index (χ1v) is 7.13. The van der Waals surface area contributed by atoms with E-state index in [2.05, 4.69) is 21.8 Å². The minimum atomic E-state index is 0.0911. The van der Waals surface area contributed by atoms with E-state index in [-0.39, 0.29) is 6.10 Å². The first-order chi connectivity index (χ1) is 9.16. The molecule has 0 amide bonds. The highest BCUT2D eigenvalue weighted by Gasteiger charge is 2.13. The van der Waals surface area contributed by atoms with Gasteiger partial charge in [0.15, 0.2) is 16.6 Å². The lowest BCUT2D eigenvalue weighted by Gasteiger charge is -2.11. The van der Waals surface area contributed by atoms with Gasteiger partial charge in [0.2, 0.25) is 0 Å². The van der Waals surface area contributed by atoms with E-state index in [9.17, 15) is 0 Å². The molecule has 0 aliphatic rings. The first-order valence-electron chi connectivity index (χ1n) is 6.36. The summed E-state index contributed by atoms with van der Waals surface area (Å²) in [5.41, 5.74) is 7.11. The van der Waals surface area contributed by atoms with Gasteiger partial charge in [0.05, 0.1) is 6.10 Å². The van der Waals surface area contributed by atoms with Gasteiger partial charge in [0.25, 0.3) is 0 Å². The van der Waals surface area contributed by atoms with Crippen molar-refractivity contribution in [3.63, 3.8) is 0 Å². The number of hydrogen-bond donors (Lipinski definition) is 2. The van der Waals surface area contributed by atoms with Crippen molar-refractivity contribution in [2.75, 3.05) is 17.6 Å². The number of nitrogens with zero attached hydrogens (tertiary/aromatic N) is 1. The van der Waals surface area contributed by atoms with E-state index < -0.39 is 0 Å². The van der Waals surface area contributed by atoms with Gasteiger partial charge >= 0.3 is 0 Å². The van der Waals surface area contributed by atoms with Crippen molar-refractivity contribution in [3.8, 4) is 5.75 Å². The van der Waals surface area contributed by atoms with Gasteiger partial charge in [-0.25, -0.2) is 0 Å². The van der Waals surface area contributed by atoms with Crippen molar-refractivity contribution in [1.29, 1.82) is 0 Å². The van der Waals surface area contributed by atoms with Gasteiger partial charge in [0.1, 0.15) is 0 Å².